The highest BCUT2D eigenvalue weighted by atomic mass is 19.4. The summed E-state index contributed by atoms with van der Waals surface area (Å²) in [6, 6.07) is 7.58. The van der Waals surface area contributed by atoms with E-state index in [0.717, 1.165) is 7.11 Å². The molecule has 0 saturated heterocycles. The third-order valence-corrected chi connectivity index (χ3v) is 4.61. The summed E-state index contributed by atoms with van der Waals surface area (Å²) in [5.74, 6) is -0.552. The van der Waals surface area contributed by atoms with E-state index in [1.807, 2.05) is 0 Å². The van der Waals surface area contributed by atoms with Crippen molar-refractivity contribution >= 4 is 17.5 Å². The predicted octanol–water partition coefficient (Wildman–Crippen LogP) is 4.96. The molecule has 1 aliphatic rings. The molecule has 0 atom stereocenters. The Morgan fingerprint density at radius 2 is 1.61 bits per heavy atom. The average Bonchev–Trinajstić information content (AvgIpc) is 2.85. The van der Waals surface area contributed by atoms with Crippen molar-refractivity contribution in [1.82, 2.24) is 0 Å². The molecule has 0 aliphatic carbocycles. The van der Waals surface area contributed by atoms with E-state index in [1.165, 1.54) is 7.11 Å². The lowest BCUT2D eigenvalue weighted by molar-refractivity contribution is -0.143. The lowest BCUT2D eigenvalue weighted by atomic mass is 10.0. The van der Waals surface area contributed by atoms with Gasteiger partial charge in [-0.15, -0.1) is 0 Å². The molecule has 0 N–H and O–H groups in total. The van der Waals surface area contributed by atoms with Crippen molar-refractivity contribution in [2.24, 2.45) is 15.5 Å². The number of ether oxygens (including phenoxy) is 2. The topological polar surface area (TPSA) is 83.2 Å². The van der Waals surface area contributed by atoms with Crippen LogP contribution in [0.4, 0.5) is 26.3 Å². The van der Waals surface area contributed by atoms with Crippen molar-refractivity contribution < 1.29 is 50.3 Å². The Hall–Kier alpha value is -3.97. The van der Waals surface area contributed by atoms with E-state index in [1.54, 1.807) is 24.3 Å². The van der Waals surface area contributed by atoms with Crippen LogP contribution in [0, 0.1) is 0 Å². The standard InChI is InChI=1S/C22H19F6N3O5/c1-32-19(14-9-15(21(23,24)25)11-16(10-14)22(26,27)28)30-36-12-13-5-3-4-6-17(13)18(29-33-2)20-31-35-8-7-34-20/h3-6,9-11H,7-8,12H2,1-2H3. The van der Waals surface area contributed by atoms with Gasteiger partial charge in [0, 0.05) is 16.7 Å². The molecule has 2 aromatic carbocycles. The molecule has 8 nitrogen and oxygen atoms in total. The van der Waals surface area contributed by atoms with Gasteiger partial charge in [0.05, 0.1) is 18.2 Å². The van der Waals surface area contributed by atoms with Gasteiger partial charge in [-0.2, -0.15) is 26.3 Å². The Bertz CT molecular complexity index is 1130. The minimum absolute atomic E-state index is 0.00428. The second-order valence-corrected chi connectivity index (χ2v) is 7.03. The molecule has 0 bridgehead atoms. The summed E-state index contributed by atoms with van der Waals surface area (Å²) in [6.45, 7) is 0.193. The summed E-state index contributed by atoms with van der Waals surface area (Å²) in [5, 5.41) is 11.3. The number of hydrogen-bond acceptors (Lipinski definition) is 8. The molecule has 0 spiro atoms. The van der Waals surface area contributed by atoms with Gasteiger partial charge in [0.2, 0.25) is 0 Å². The maximum absolute atomic E-state index is 13.2. The smallest absolute Gasteiger partial charge is 0.416 e. The first-order chi connectivity index (χ1) is 17.0. The van der Waals surface area contributed by atoms with Crippen molar-refractivity contribution in [2.75, 3.05) is 27.4 Å². The van der Waals surface area contributed by atoms with E-state index in [-0.39, 0.29) is 37.5 Å². The number of alkyl halides is 6. The van der Waals surface area contributed by atoms with Crippen LogP contribution in [0.25, 0.3) is 0 Å². The fourth-order valence-corrected chi connectivity index (χ4v) is 3.04. The molecule has 0 amide bonds. The zero-order valence-electron chi connectivity index (χ0n) is 18.8. The summed E-state index contributed by atoms with van der Waals surface area (Å²) >= 11 is 0. The summed E-state index contributed by atoms with van der Waals surface area (Å²) in [4.78, 5) is 15.1. The molecule has 1 heterocycles. The van der Waals surface area contributed by atoms with Gasteiger partial charge in [0.1, 0.15) is 20.3 Å². The fourth-order valence-electron chi connectivity index (χ4n) is 3.04. The molecule has 2 aromatic rings. The second kappa shape index (κ2) is 11.2. The number of methoxy groups -OCH3 is 1. The van der Waals surface area contributed by atoms with Gasteiger partial charge in [-0.1, -0.05) is 29.4 Å². The van der Waals surface area contributed by atoms with Crippen LogP contribution in [0.1, 0.15) is 27.8 Å². The van der Waals surface area contributed by atoms with Gasteiger partial charge in [0.15, 0.2) is 12.3 Å². The molecule has 0 fully saturated rings. The third-order valence-electron chi connectivity index (χ3n) is 4.61. The van der Waals surface area contributed by atoms with E-state index in [2.05, 4.69) is 15.5 Å². The molecule has 0 saturated carbocycles. The highest BCUT2D eigenvalue weighted by molar-refractivity contribution is 6.45. The Kier molecular flexibility index (Phi) is 8.27. The molecular formula is C22H19F6N3O5. The number of oxime groups is 3. The minimum atomic E-state index is -5.03. The lowest BCUT2D eigenvalue weighted by Crippen LogP contribution is -2.26. The Morgan fingerprint density at radius 3 is 2.17 bits per heavy atom. The third kappa shape index (κ3) is 6.58. The molecule has 0 aromatic heterocycles. The van der Waals surface area contributed by atoms with Gasteiger partial charge in [-0.05, 0) is 28.5 Å². The van der Waals surface area contributed by atoms with Crippen LogP contribution < -0.4 is 0 Å². The Labute approximate surface area is 200 Å². The Morgan fingerprint density at radius 1 is 0.944 bits per heavy atom. The van der Waals surface area contributed by atoms with Gasteiger partial charge in [-0.25, -0.2) is 0 Å². The summed E-state index contributed by atoms with van der Waals surface area (Å²) in [7, 11) is 2.34. The summed E-state index contributed by atoms with van der Waals surface area (Å²) in [6.07, 6.45) is -10.1. The van der Waals surface area contributed by atoms with Crippen LogP contribution in [-0.2, 0) is 42.9 Å². The lowest BCUT2D eigenvalue weighted by Gasteiger charge is -2.16. The second-order valence-electron chi connectivity index (χ2n) is 7.03. The Balaban J connectivity index is 1.91. The van der Waals surface area contributed by atoms with Crippen LogP contribution in [0.2, 0.25) is 0 Å². The molecular weight excluding hydrogens is 500 g/mol. The van der Waals surface area contributed by atoms with Gasteiger partial charge >= 0.3 is 12.4 Å². The molecule has 194 valence electrons. The van der Waals surface area contributed by atoms with E-state index < -0.39 is 34.9 Å². The molecule has 1 aliphatic heterocycles. The largest absolute Gasteiger partial charge is 0.479 e. The number of benzene rings is 2. The normalized spacial score (nSPS) is 14.9. The van der Waals surface area contributed by atoms with Crippen molar-refractivity contribution in [2.45, 2.75) is 19.0 Å². The van der Waals surface area contributed by atoms with Crippen LogP contribution in [0.5, 0.6) is 0 Å². The quantitative estimate of drug-likeness (QED) is 0.224. The van der Waals surface area contributed by atoms with Gasteiger partial charge in [0.25, 0.3) is 11.8 Å². The molecule has 0 radical (unpaired) electrons. The maximum Gasteiger partial charge on any atom is 0.416 e. The van der Waals surface area contributed by atoms with Crippen molar-refractivity contribution in [1.29, 1.82) is 0 Å². The van der Waals surface area contributed by atoms with Crippen molar-refractivity contribution in [3.8, 4) is 0 Å². The van der Waals surface area contributed by atoms with Crippen LogP contribution in [-0.4, -0.2) is 44.9 Å². The average molecular weight is 519 g/mol. The zero-order chi connectivity index (χ0) is 26.3. The minimum Gasteiger partial charge on any atom is -0.479 e. The summed E-state index contributed by atoms with van der Waals surface area (Å²) < 4.78 is 89.5. The molecule has 36 heavy (non-hydrogen) atoms. The predicted molar refractivity (Wildman–Crippen MR) is 114 cm³/mol. The number of nitrogens with zero attached hydrogens (tertiary/aromatic N) is 3. The monoisotopic (exact) mass is 519 g/mol. The zero-order valence-corrected chi connectivity index (χ0v) is 18.8. The first-order valence-electron chi connectivity index (χ1n) is 10.1. The highest BCUT2D eigenvalue weighted by Crippen LogP contribution is 2.36. The molecule has 3 rings (SSSR count). The van der Waals surface area contributed by atoms with Gasteiger partial charge in [-0.3, -0.25) is 0 Å². The van der Waals surface area contributed by atoms with Crippen molar-refractivity contribution in [3.63, 3.8) is 0 Å². The first kappa shape index (κ1) is 26.6. The molecule has 14 heteroatoms. The van der Waals surface area contributed by atoms with Crippen molar-refractivity contribution in [3.05, 3.63) is 70.3 Å². The highest BCUT2D eigenvalue weighted by Gasteiger charge is 2.37. The van der Waals surface area contributed by atoms with E-state index >= 15 is 0 Å². The molecule has 0 unspecified atom stereocenters. The van der Waals surface area contributed by atoms with Crippen LogP contribution >= 0.6 is 0 Å². The van der Waals surface area contributed by atoms with Crippen LogP contribution in [0.15, 0.2) is 57.9 Å². The summed E-state index contributed by atoms with van der Waals surface area (Å²) in [5.41, 5.74) is -2.53. The first-order valence-corrected chi connectivity index (χ1v) is 10.1. The SMILES string of the molecule is CON=C(C1=NOCCO1)c1ccccc1CON=C(OC)c1cc(C(F)(F)F)cc(C(F)(F)F)c1. The fraction of sp³-hybridized carbons (Fsp3) is 0.318. The maximum atomic E-state index is 13.2. The van der Waals surface area contributed by atoms with E-state index in [9.17, 15) is 26.3 Å². The van der Waals surface area contributed by atoms with E-state index in [0.29, 0.717) is 23.3 Å². The number of rotatable bonds is 7. The van der Waals surface area contributed by atoms with Crippen LogP contribution in [0.3, 0.4) is 0 Å². The number of halogens is 6. The van der Waals surface area contributed by atoms with E-state index in [4.69, 9.17) is 24.0 Å². The number of hydrogen-bond donors (Lipinski definition) is 0. The van der Waals surface area contributed by atoms with Gasteiger partial charge < -0.3 is 24.0 Å².